The van der Waals surface area contributed by atoms with Crippen molar-refractivity contribution in [3.05, 3.63) is 35.6 Å². The Morgan fingerprint density at radius 3 is 2.53 bits per heavy atom. The summed E-state index contributed by atoms with van der Waals surface area (Å²) in [6, 6.07) is 6.61. The van der Waals surface area contributed by atoms with Crippen LogP contribution in [0.2, 0.25) is 0 Å². The molecule has 0 heterocycles. The van der Waals surface area contributed by atoms with E-state index in [9.17, 15) is 4.39 Å². The maximum absolute atomic E-state index is 13.2. The van der Waals surface area contributed by atoms with Crippen LogP contribution >= 0.6 is 0 Å². The van der Waals surface area contributed by atoms with E-state index in [0.29, 0.717) is 12.5 Å². The molecule has 0 saturated carbocycles. The molecule has 0 amide bonds. The first kappa shape index (κ1) is 14.1. The van der Waals surface area contributed by atoms with Gasteiger partial charge in [0, 0.05) is 6.54 Å². The van der Waals surface area contributed by atoms with Crippen molar-refractivity contribution in [2.75, 3.05) is 13.6 Å². The molecule has 1 N–H and O–H groups in total. The van der Waals surface area contributed by atoms with Crippen LogP contribution < -0.4 is 5.32 Å². The summed E-state index contributed by atoms with van der Waals surface area (Å²) in [7, 11) is 1.87. The van der Waals surface area contributed by atoms with E-state index in [0.717, 1.165) is 5.56 Å². The van der Waals surface area contributed by atoms with Crippen molar-refractivity contribution in [2.45, 2.75) is 33.0 Å². The number of rotatable bonds is 6. The van der Waals surface area contributed by atoms with Crippen LogP contribution in [0, 0.1) is 11.7 Å². The van der Waals surface area contributed by atoms with Crippen LogP contribution in [0.3, 0.4) is 0 Å². The lowest BCUT2D eigenvalue weighted by molar-refractivity contribution is -0.0252. The van der Waals surface area contributed by atoms with Crippen LogP contribution in [0.1, 0.15) is 32.4 Å². The fraction of sp³-hybridized carbons (Fsp3) is 0.571. The van der Waals surface area contributed by atoms with Gasteiger partial charge in [-0.2, -0.15) is 0 Å². The normalized spacial score (nSPS) is 14.9. The number of hydrogen-bond donors (Lipinski definition) is 1. The molecule has 0 aliphatic carbocycles. The van der Waals surface area contributed by atoms with Crippen molar-refractivity contribution >= 4 is 0 Å². The van der Waals surface area contributed by atoms with Crippen molar-refractivity contribution in [1.82, 2.24) is 5.32 Å². The Hall–Kier alpha value is -0.930. The Bertz CT molecular complexity index is 341. The molecule has 0 aromatic heterocycles. The Kier molecular flexibility index (Phi) is 5.59. The monoisotopic (exact) mass is 239 g/mol. The summed E-state index contributed by atoms with van der Waals surface area (Å²) < 4.78 is 19.2. The second-order valence-corrected chi connectivity index (χ2v) is 4.69. The molecular formula is C14H22FNO. The summed E-state index contributed by atoms with van der Waals surface area (Å²) in [6.45, 7) is 6.96. The number of likely N-dealkylation sites (N-methyl/N-ethyl adjacent to an activating group) is 1. The largest absolute Gasteiger partial charge is 0.369 e. The molecule has 17 heavy (non-hydrogen) atoms. The molecule has 0 aliphatic heterocycles. The van der Waals surface area contributed by atoms with Gasteiger partial charge in [0.2, 0.25) is 0 Å². The van der Waals surface area contributed by atoms with Gasteiger partial charge in [-0.15, -0.1) is 0 Å². The third-order valence-corrected chi connectivity index (χ3v) is 2.93. The first-order valence-electron chi connectivity index (χ1n) is 6.10. The van der Waals surface area contributed by atoms with Crippen LogP contribution in [-0.4, -0.2) is 19.7 Å². The number of hydrogen-bond acceptors (Lipinski definition) is 2. The molecule has 2 unspecified atom stereocenters. The summed E-state index contributed by atoms with van der Waals surface area (Å²) in [5, 5.41) is 3.08. The van der Waals surface area contributed by atoms with Crippen molar-refractivity contribution in [2.24, 2.45) is 5.92 Å². The Morgan fingerprint density at radius 2 is 2.00 bits per heavy atom. The van der Waals surface area contributed by atoms with E-state index >= 15 is 0 Å². The summed E-state index contributed by atoms with van der Waals surface area (Å²) >= 11 is 0. The van der Waals surface area contributed by atoms with Gasteiger partial charge < -0.3 is 10.1 Å². The van der Waals surface area contributed by atoms with Gasteiger partial charge in [-0.3, -0.25) is 0 Å². The van der Waals surface area contributed by atoms with E-state index < -0.39 is 0 Å². The topological polar surface area (TPSA) is 21.3 Å². The second kappa shape index (κ2) is 6.72. The number of benzene rings is 1. The molecule has 96 valence electrons. The molecule has 2 atom stereocenters. The number of ether oxygens (including phenoxy) is 1. The zero-order valence-corrected chi connectivity index (χ0v) is 11.0. The van der Waals surface area contributed by atoms with Crippen LogP contribution in [0.4, 0.5) is 4.39 Å². The molecule has 0 spiro atoms. The maximum atomic E-state index is 13.2. The quantitative estimate of drug-likeness (QED) is 0.823. The average Bonchev–Trinajstić information content (AvgIpc) is 2.28. The van der Waals surface area contributed by atoms with E-state index in [1.807, 2.05) is 20.0 Å². The lowest BCUT2D eigenvalue weighted by Gasteiger charge is -2.25. The highest BCUT2D eigenvalue weighted by Crippen LogP contribution is 2.21. The first-order chi connectivity index (χ1) is 8.04. The molecule has 1 aromatic rings. The first-order valence-corrected chi connectivity index (χ1v) is 6.10. The minimum Gasteiger partial charge on any atom is -0.369 e. The fourth-order valence-electron chi connectivity index (χ4n) is 1.55. The SMILES string of the molecule is CNCC(OC(C)C(C)C)c1cccc(F)c1. The smallest absolute Gasteiger partial charge is 0.123 e. The molecular weight excluding hydrogens is 217 g/mol. The van der Waals surface area contributed by atoms with Crippen LogP contribution in [0.25, 0.3) is 0 Å². The lowest BCUT2D eigenvalue weighted by atomic mass is 10.1. The fourth-order valence-corrected chi connectivity index (χ4v) is 1.55. The summed E-state index contributed by atoms with van der Waals surface area (Å²) in [5.41, 5.74) is 0.881. The van der Waals surface area contributed by atoms with Crippen LogP contribution in [-0.2, 0) is 4.74 Å². The van der Waals surface area contributed by atoms with E-state index in [1.54, 1.807) is 6.07 Å². The molecule has 3 heteroatoms. The van der Waals surface area contributed by atoms with Gasteiger partial charge in [0.05, 0.1) is 12.2 Å². The predicted molar refractivity (Wildman–Crippen MR) is 68.5 cm³/mol. The van der Waals surface area contributed by atoms with Gasteiger partial charge in [0.1, 0.15) is 5.82 Å². The minimum absolute atomic E-state index is 0.104. The highest BCUT2D eigenvalue weighted by atomic mass is 19.1. The van der Waals surface area contributed by atoms with Gasteiger partial charge in [0.15, 0.2) is 0 Å². The number of nitrogens with one attached hydrogen (secondary N) is 1. The molecule has 0 aliphatic rings. The third kappa shape index (κ3) is 4.44. The molecule has 0 fully saturated rings. The van der Waals surface area contributed by atoms with Crippen LogP contribution in [0.15, 0.2) is 24.3 Å². The number of halogens is 1. The van der Waals surface area contributed by atoms with E-state index in [1.165, 1.54) is 12.1 Å². The molecule has 0 radical (unpaired) electrons. The van der Waals surface area contributed by atoms with Crippen molar-refractivity contribution in [3.63, 3.8) is 0 Å². The average molecular weight is 239 g/mol. The summed E-state index contributed by atoms with van der Waals surface area (Å²) in [5.74, 6) is 0.229. The molecule has 0 bridgehead atoms. The molecule has 1 rings (SSSR count). The maximum Gasteiger partial charge on any atom is 0.123 e. The molecule has 2 nitrogen and oxygen atoms in total. The van der Waals surface area contributed by atoms with E-state index in [2.05, 4.69) is 19.2 Å². The van der Waals surface area contributed by atoms with Gasteiger partial charge in [-0.1, -0.05) is 26.0 Å². The Morgan fingerprint density at radius 1 is 1.29 bits per heavy atom. The highest BCUT2D eigenvalue weighted by molar-refractivity contribution is 5.19. The zero-order chi connectivity index (χ0) is 12.8. The highest BCUT2D eigenvalue weighted by Gasteiger charge is 2.17. The van der Waals surface area contributed by atoms with Crippen LogP contribution in [0.5, 0.6) is 0 Å². The zero-order valence-electron chi connectivity index (χ0n) is 11.0. The molecule has 0 saturated heterocycles. The second-order valence-electron chi connectivity index (χ2n) is 4.69. The Balaban J connectivity index is 2.78. The third-order valence-electron chi connectivity index (χ3n) is 2.93. The van der Waals surface area contributed by atoms with Gasteiger partial charge in [-0.25, -0.2) is 4.39 Å². The predicted octanol–water partition coefficient (Wildman–Crippen LogP) is 3.15. The summed E-state index contributed by atoms with van der Waals surface area (Å²) in [4.78, 5) is 0. The van der Waals surface area contributed by atoms with Crippen molar-refractivity contribution in [3.8, 4) is 0 Å². The van der Waals surface area contributed by atoms with Gasteiger partial charge in [-0.05, 0) is 37.6 Å². The molecule has 1 aromatic carbocycles. The summed E-state index contributed by atoms with van der Waals surface area (Å²) in [6.07, 6.45) is 0.0460. The van der Waals surface area contributed by atoms with Gasteiger partial charge >= 0.3 is 0 Å². The standard InChI is InChI=1S/C14H22FNO/c1-10(2)11(3)17-14(9-16-4)12-6-5-7-13(15)8-12/h5-8,10-11,14,16H,9H2,1-4H3. The minimum atomic E-state index is -0.218. The van der Waals surface area contributed by atoms with Crippen molar-refractivity contribution < 1.29 is 9.13 Å². The Labute approximate surface area is 103 Å². The van der Waals surface area contributed by atoms with Gasteiger partial charge in [0.25, 0.3) is 0 Å². The van der Waals surface area contributed by atoms with Crippen molar-refractivity contribution in [1.29, 1.82) is 0 Å². The van der Waals surface area contributed by atoms with E-state index in [-0.39, 0.29) is 18.0 Å². The lowest BCUT2D eigenvalue weighted by Crippen LogP contribution is -2.26. The van der Waals surface area contributed by atoms with E-state index in [4.69, 9.17) is 4.74 Å².